The summed E-state index contributed by atoms with van der Waals surface area (Å²) in [5.74, 6) is -2.14. The first-order valence-corrected chi connectivity index (χ1v) is 6.38. The summed E-state index contributed by atoms with van der Waals surface area (Å²) in [6.45, 7) is 0. The standard InChI is InChI=1S/C10H12FNO4S/c1-12(9-4-2-8(11)3-5-9)17(15,16)7-6-10(13)14/h2-5H,6-7H2,1H3,(H,13,14). The third kappa shape index (κ3) is 3.70. The molecule has 94 valence electrons. The third-order valence-corrected chi connectivity index (χ3v) is 3.95. The maximum atomic E-state index is 12.7. The summed E-state index contributed by atoms with van der Waals surface area (Å²) in [7, 11) is -2.40. The molecule has 0 saturated heterocycles. The van der Waals surface area contributed by atoms with Crippen molar-refractivity contribution in [2.45, 2.75) is 6.42 Å². The van der Waals surface area contributed by atoms with Crippen LogP contribution in [0.3, 0.4) is 0 Å². The highest BCUT2D eigenvalue weighted by molar-refractivity contribution is 7.92. The predicted octanol–water partition coefficient (Wildman–Crippen LogP) is 1.07. The van der Waals surface area contributed by atoms with Crippen LogP contribution in [-0.2, 0) is 14.8 Å². The molecule has 0 aliphatic heterocycles. The van der Waals surface area contributed by atoms with E-state index in [1.165, 1.54) is 19.2 Å². The number of halogens is 1. The first kappa shape index (κ1) is 13.4. The minimum Gasteiger partial charge on any atom is -0.481 e. The Kier molecular flexibility index (Phi) is 4.06. The van der Waals surface area contributed by atoms with Gasteiger partial charge in [0, 0.05) is 7.05 Å². The lowest BCUT2D eigenvalue weighted by molar-refractivity contribution is -0.136. The lowest BCUT2D eigenvalue weighted by Crippen LogP contribution is -2.29. The minimum absolute atomic E-state index is 0.289. The van der Waals surface area contributed by atoms with Gasteiger partial charge in [0.2, 0.25) is 10.0 Å². The number of anilines is 1. The largest absolute Gasteiger partial charge is 0.481 e. The summed E-state index contributed by atoms with van der Waals surface area (Å²) >= 11 is 0. The van der Waals surface area contributed by atoms with Gasteiger partial charge in [0.1, 0.15) is 5.82 Å². The molecule has 0 saturated carbocycles. The van der Waals surface area contributed by atoms with Crippen LogP contribution in [0.1, 0.15) is 6.42 Å². The molecule has 0 atom stereocenters. The van der Waals surface area contributed by atoms with Crippen molar-refractivity contribution in [2.75, 3.05) is 17.1 Å². The van der Waals surface area contributed by atoms with Gasteiger partial charge >= 0.3 is 5.97 Å². The number of carbonyl (C=O) groups is 1. The molecule has 17 heavy (non-hydrogen) atoms. The highest BCUT2D eigenvalue weighted by atomic mass is 32.2. The van der Waals surface area contributed by atoms with Crippen molar-refractivity contribution >= 4 is 21.7 Å². The van der Waals surface area contributed by atoms with Crippen LogP contribution in [0.15, 0.2) is 24.3 Å². The molecule has 1 rings (SSSR count). The third-order valence-electron chi connectivity index (χ3n) is 2.18. The van der Waals surface area contributed by atoms with Crippen LogP contribution in [0, 0.1) is 5.82 Å². The van der Waals surface area contributed by atoms with Crippen molar-refractivity contribution in [3.63, 3.8) is 0 Å². The van der Waals surface area contributed by atoms with E-state index in [0.29, 0.717) is 0 Å². The van der Waals surface area contributed by atoms with Crippen molar-refractivity contribution in [3.05, 3.63) is 30.1 Å². The van der Waals surface area contributed by atoms with Crippen LogP contribution < -0.4 is 4.31 Å². The quantitative estimate of drug-likeness (QED) is 0.860. The number of carboxylic acid groups (broad SMARTS) is 1. The molecule has 1 aromatic carbocycles. The zero-order chi connectivity index (χ0) is 13.1. The van der Waals surface area contributed by atoms with Gasteiger partial charge in [-0.05, 0) is 24.3 Å². The molecule has 0 unspecified atom stereocenters. The monoisotopic (exact) mass is 261 g/mol. The summed E-state index contributed by atoms with van der Waals surface area (Å²) < 4.78 is 37.0. The topological polar surface area (TPSA) is 74.7 Å². The predicted molar refractivity (Wildman–Crippen MR) is 60.8 cm³/mol. The van der Waals surface area contributed by atoms with Gasteiger partial charge in [-0.15, -0.1) is 0 Å². The summed E-state index contributed by atoms with van der Waals surface area (Å²) in [6, 6.07) is 4.90. The SMILES string of the molecule is CN(c1ccc(F)cc1)S(=O)(=O)CCC(=O)O. The highest BCUT2D eigenvalue weighted by Gasteiger charge is 2.19. The van der Waals surface area contributed by atoms with Crippen LogP contribution in [0.5, 0.6) is 0 Å². The van der Waals surface area contributed by atoms with Gasteiger partial charge in [-0.1, -0.05) is 0 Å². The lowest BCUT2D eigenvalue weighted by atomic mass is 10.3. The molecule has 0 aliphatic carbocycles. The molecule has 0 bridgehead atoms. The number of rotatable bonds is 5. The average Bonchev–Trinajstić information content (AvgIpc) is 2.27. The van der Waals surface area contributed by atoms with Crippen molar-refractivity contribution in [1.82, 2.24) is 0 Å². The zero-order valence-electron chi connectivity index (χ0n) is 9.13. The second-order valence-corrected chi connectivity index (χ2v) is 5.52. The summed E-state index contributed by atoms with van der Waals surface area (Å²) in [5, 5.41) is 8.43. The van der Waals surface area contributed by atoms with Crippen LogP contribution in [-0.4, -0.2) is 32.3 Å². The number of hydrogen-bond donors (Lipinski definition) is 1. The number of aliphatic carboxylic acids is 1. The Hall–Kier alpha value is -1.63. The Morgan fingerprint density at radius 3 is 2.35 bits per heavy atom. The van der Waals surface area contributed by atoms with E-state index in [4.69, 9.17) is 5.11 Å². The summed E-state index contributed by atoms with van der Waals surface area (Å²) in [5.41, 5.74) is 0.289. The van der Waals surface area contributed by atoms with Crippen molar-refractivity contribution in [1.29, 1.82) is 0 Å². The Bertz CT molecular complexity index is 498. The van der Waals surface area contributed by atoms with Crippen LogP contribution in [0.25, 0.3) is 0 Å². The number of benzene rings is 1. The van der Waals surface area contributed by atoms with Crippen LogP contribution >= 0.6 is 0 Å². The normalized spacial score (nSPS) is 11.2. The Labute approximate surface area is 98.5 Å². The molecule has 0 amide bonds. The van der Waals surface area contributed by atoms with Gasteiger partial charge in [0.05, 0.1) is 17.9 Å². The van der Waals surface area contributed by atoms with Gasteiger partial charge in [0.15, 0.2) is 0 Å². The van der Waals surface area contributed by atoms with Crippen LogP contribution in [0.4, 0.5) is 10.1 Å². The number of carboxylic acids is 1. The Morgan fingerprint density at radius 1 is 1.35 bits per heavy atom. The fourth-order valence-electron chi connectivity index (χ4n) is 1.16. The van der Waals surface area contributed by atoms with E-state index >= 15 is 0 Å². The van der Waals surface area contributed by atoms with Gasteiger partial charge in [-0.25, -0.2) is 12.8 Å². The Morgan fingerprint density at radius 2 is 1.88 bits per heavy atom. The van der Waals surface area contributed by atoms with Crippen molar-refractivity contribution < 1.29 is 22.7 Å². The highest BCUT2D eigenvalue weighted by Crippen LogP contribution is 2.17. The minimum atomic E-state index is -3.69. The number of hydrogen-bond acceptors (Lipinski definition) is 3. The van der Waals surface area contributed by atoms with E-state index < -0.39 is 34.0 Å². The molecule has 0 aromatic heterocycles. The van der Waals surface area contributed by atoms with E-state index in [-0.39, 0.29) is 5.69 Å². The summed E-state index contributed by atoms with van der Waals surface area (Å²) in [6.07, 6.45) is -0.464. The van der Waals surface area contributed by atoms with Gasteiger partial charge in [0.25, 0.3) is 0 Å². The van der Waals surface area contributed by atoms with Crippen LogP contribution in [0.2, 0.25) is 0 Å². The van der Waals surface area contributed by atoms with E-state index in [0.717, 1.165) is 16.4 Å². The number of nitrogens with zero attached hydrogens (tertiary/aromatic N) is 1. The maximum Gasteiger partial charge on any atom is 0.304 e. The van der Waals surface area contributed by atoms with E-state index in [1.54, 1.807) is 0 Å². The molecule has 0 spiro atoms. The lowest BCUT2D eigenvalue weighted by Gasteiger charge is -2.18. The maximum absolute atomic E-state index is 12.7. The van der Waals surface area contributed by atoms with E-state index in [2.05, 4.69) is 0 Å². The summed E-state index contributed by atoms with van der Waals surface area (Å²) in [4.78, 5) is 10.3. The molecular formula is C10H12FNO4S. The molecule has 0 radical (unpaired) electrons. The smallest absolute Gasteiger partial charge is 0.304 e. The molecule has 1 N–H and O–H groups in total. The van der Waals surface area contributed by atoms with Gasteiger partial charge in [-0.2, -0.15) is 0 Å². The molecule has 1 aromatic rings. The molecule has 5 nitrogen and oxygen atoms in total. The molecular weight excluding hydrogens is 249 g/mol. The second kappa shape index (κ2) is 5.13. The van der Waals surface area contributed by atoms with Crippen molar-refractivity contribution in [2.24, 2.45) is 0 Å². The van der Waals surface area contributed by atoms with E-state index in [1.807, 2.05) is 0 Å². The first-order chi connectivity index (χ1) is 7.83. The molecule has 0 fully saturated rings. The van der Waals surface area contributed by atoms with Gasteiger partial charge in [-0.3, -0.25) is 9.10 Å². The molecule has 0 aliphatic rings. The average molecular weight is 261 g/mol. The zero-order valence-corrected chi connectivity index (χ0v) is 9.95. The molecule has 7 heteroatoms. The molecule has 0 heterocycles. The fourth-order valence-corrected chi connectivity index (χ4v) is 2.31. The number of sulfonamides is 1. The van der Waals surface area contributed by atoms with Gasteiger partial charge < -0.3 is 5.11 Å². The first-order valence-electron chi connectivity index (χ1n) is 4.77. The van der Waals surface area contributed by atoms with Crippen molar-refractivity contribution in [3.8, 4) is 0 Å². The second-order valence-electron chi connectivity index (χ2n) is 3.40. The van der Waals surface area contributed by atoms with E-state index in [9.17, 15) is 17.6 Å². The fraction of sp³-hybridized carbons (Fsp3) is 0.300. The Balaban J connectivity index is 2.84.